The maximum atomic E-state index is 14.2. The number of benzene rings is 1. The number of rotatable bonds is 9. The number of anilines is 1. The van der Waals surface area contributed by atoms with E-state index in [2.05, 4.69) is 25.9 Å². The van der Waals surface area contributed by atoms with E-state index in [0.717, 1.165) is 43.1 Å². The van der Waals surface area contributed by atoms with Crippen LogP contribution in [0.25, 0.3) is 16.6 Å². The number of aromatic nitrogens is 3. The van der Waals surface area contributed by atoms with Crippen molar-refractivity contribution in [3.05, 3.63) is 77.8 Å². The zero-order valence-corrected chi connectivity index (χ0v) is 25.3. The number of piperidine rings is 1. The van der Waals surface area contributed by atoms with E-state index >= 15 is 0 Å². The van der Waals surface area contributed by atoms with Crippen LogP contribution in [0.3, 0.4) is 0 Å². The van der Waals surface area contributed by atoms with E-state index < -0.39 is 17.7 Å². The quantitative estimate of drug-likeness (QED) is 0.297. The maximum absolute atomic E-state index is 14.2. The molecule has 5 saturated heterocycles. The summed E-state index contributed by atoms with van der Waals surface area (Å²) in [6.07, 6.45) is 7.28. The Hall–Kier alpha value is -4.15. The van der Waals surface area contributed by atoms with Crippen molar-refractivity contribution in [3.8, 4) is 22.9 Å². The zero-order chi connectivity index (χ0) is 31.4. The van der Waals surface area contributed by atoms with Crippen molar-refractivity contribution in [2.45, 2.75) is 49.5 Å². The van der Waals surface area contributed by atoms with Gasteiger partial charge in [0.1, 0.15) is 35.9 Å². The first-order chi connectivity index (χ1) is 22.5. The summed E-state index contributed by atoms with van der Waals surface area (Å²) < 4.78 is 42.1. The van der Waals surface area contributed by atoms with Crippen LogP contribution in [0.15, 0.2) is 55.0 Å². The van der Waals surface area contributed by atoms with Gasteiger partial charge < -0.3 is 19.5 Å². The van der Waals surface area contributed by atoms with E-state index in [4.69, 9.17) is 14.5 Å². The molecule has 4 bridgehead atoms. The molecular weight excluding hydrogens is 592 g/mol. The number of piperazine rings is 1. The Morgan fingerprint density at radius 2 is 1.78 bits per heavy atom. The van der Waals surface area contributed by atoms with Crippen LogP contribution < -0.4 is 9.64 Å². The maximum Gasteiger partial charge on any atom is 0.138 e. The van der Waals surface area contributed by atoms with E-state index in [0.29, 0.717) is 48.6 Å². The predicted molar refractivity (Wildman–Crippen MR) is 165 cm³/mol. The summed E-state index contributed by atoms with van der Waals surface area (Å²) in [5.74, 6) is 0.0526. The lowest BCUT2D eigenvalue weighted by Crippen LogP contribution is -2.69. The van der Waals surface area contributed by atoms with E-state index in [1.54, 1.807) is 10.7 Å². The summed E-state index contributed by atoms with van der Waals surface area (Å²) >= 11 is 0. The molecule has 5 aliphatic rings. The van der Waals surface area contributed by atoms with Crippen molar-refractivity contribution in [2.75, 3.05) is 50.9 Å². The number of hydrogen-bond acceptors (Lipinski definition) is 9. The third kappa shape index (κ3) is 5.17. The molecule has 5 atom stereocenters. The first-order valence-corrected chi connectivity index (χ1v) is 15.9. The molecule has 5 fully saturated rings. The smallest absolute Gasteiger partial charge is 0.138 e. The number of hydrogen-bond donors (Lipinski definition) is 1. The van der Waals surface area contributed by atoms with Gasteiger partial charge in [0.05, 0.1) is 48.4 Å². The molecule has 10 nitrogen and oxygen atoms in total. The van der Waals surface area contributed by atoms with Gasteiger partial charge in [-0.2, -0.15) is 10.4 Å². The Bertz CT molecular complexity index is 1750. The number of morpholine rings is 1. The van der Waals surface area contributed by atoms with Crippen LogP contribution in [0.1, 0.15) is 36.5 Å². The van der Waals surface area contributed by atoms with Crippen LogP contribution in [0.4, 0.5) is 14.6 Å². The number of nitriles is 1. The lowest BCUT2D eigenvalue weighted by molar-refractivity contribution is -0.0355. The number of aliphatic hydroxyl groups excluding tert-OH is 1. The van der Waals surface area contributed by atoms with Gasteiger partial charge in [0, 0.05) is 67.7 Å². The van der Waals surface area contributed by atoms with Gasteiger partial charge in [0.25, 0.3) is 0 Å². The minimum absolute atomic E-state index is 0.163. The molecule has 0 amide bonds. The van der Waals surface area contributed by atoms with Gasteiger partial charge >= 0.3 is 0 Å². The molecule has 0 spiro atoms. The molecule has 5 unspecified atom stereocenters. The topological polar surface area (TPSA) is 102 Å². The molecule has 4 aromatic rings. The van der Waals surface area contributed by atoms with Gasteiger partial charge in [0.2, 0.25) is 0 Å². The fourth-order valence-electron chi connectivity index (χ4n) is 7.85. The third-order valence-electron chi connectivity index (χ3n) is 10.2. The summed E-state index contributed by atoms with van der Waals surface area (Å²) in [6, 6.07) is 13.1. The summed E-state index contributed by atoms with van der Waals surface area (Å²) in [7, 11) is 0. The molecule has 9 rings (SSSR count). The summed E-state index contributed by atoms with van der Waals surface area (Å²) in [6.45, 7) is 4.54. The Kier molecular flexibility index (Phi) is 7.57. The Morgan fingerprint density at radius 3 is 2.48 bits per heavy atom. The number of halogens is 2. The van der Waals surface area contributed by atoms with E-state index in [-0.39, 0.29) is 24.2 Å². The van der Waals surface area contributed by atoms with Gasteiger partial charge in [-0.05, 0) is 49.6 Å². The second kappa shape index (κ2) is 11.9. The molecule has 0 aliphatic carbocycles. The van der Waals surface area contributed by atoms with Gasteiger partial charge in [-0.25, -0.2) is 18.3 Å². The lowest BCUT2D eigenvalue weighted by atomic mass is 9.86. The monoisotopic (exact) mass is 627 g/mol. The Morgan fingerprint density at radius 1 is 1.02 bits per heavy atom. The molecule has 0 radical (unpaired) electrons. The molecule has 8 heterocycles. The average molecular weight is 628 g/mol. The number of nitrogens with zero attached hydrogens (tertiary/aromatic N) is 7. The number of pyridine rings is 2. The Balaban J connectivity index is 0.959. The SMILES string of the molecule is N#Cc1cnn2cc(OCCN3C4CCC3COC4)cc(-c3ccc(N4CC5CC(C4)N5CC(O)c4c(F)cccc4F)nc3)c12. The van der Waals surface area contributed by atoms with E-state index in [1.807, 2.05) is 30.6 Å². The highest BCUT2D eigenvalue weighted by Crippen LogP contribution is 2.37. The van der Waals surface area contributed by atoms with Crippen molar-refractivity contribution in [1.82, 2.24) is 24.4 Å². The molecule has 0 saturated carbocycles. The van der Waals surface area contributed by atoms with Crippen LogP contribution in [-0.4, -0.2) is 99.7 Å². The highest BCUT2D eigenvalue weighted by atomic mass is 19.1. The summed E-state index contributed by atoms with van der Waals surface area (Å²) in [5.41, 5.74) is 2.58. The van der Waals surface area contributed by atoms with Crippen LogP contribution >= 0.6 is 0 Å². The first kappa shape index (κ1) is 29.3. The van der Waals surface area contributed by atoms with Crippen molar-refractivity contribution < 1.29 is 23.4 Å². The molecule has 238 valence electrons. The molecule has 12 heteroatoms. The zero-order valence-electron chi connectivity index (χ0n) is 25.3. The minimum atomic E-state index is -1.23. The average Bonchev–Trinajstić information content (AvgIpc) is 3.58. The lowest BCUT2D eigenvalue weighted by Gasteiger charge is -2.57. The predicted octanol–water partition coefficient (Wildman–Crippen LogP) is 3.78. The van der Waals surface area contributed by atoms with Crippen molar-refractivity contribution in [3.63, 3.8) is 0 Å². The first-order valence-electron chi connectivity index (χ1n) is 15.9. The molecule has 1 N–H and O–H groups in total. The van der Waals surface area contributed by atoms with Crippen LogP contribution in [0.2, 0.25) is 0 Å². The van der Waals surface area contributed by atoms with E-state index in [9.17, 15) is 19.1 Å². The van der Waals surface area contributed by atoms with Gasteiger partial charge in [-0.3, -0.25) is 9.80 Å². The molecule has 3 aromatic heterocycles. The fourth-order valence-corrected chi connectivity index (χ4v) is 7.85. The van der Waals surface area contributed by atoms with Crippen molar-refractivity contribution in [1.29, 1.82) is 5.26 Å². The number of aliphatic hydroxyl groups is 1. The number of fused-ring (bicyclic) bond motifs is 5. The highest BCUT2D eigenvalue weighted by Gasteiger charge is 2.46. The molecule has 46 heavy (non-hydrogen) atoms. The van der Waals surface area contributed by atoms with Gasteiger partial charge in [-0.15, -0.1) is 0 Å². The second-order valence-corrected chi connectivity index (χ2v) is 12.8. The van der Waals surface area contributed by atoms with Crippen LogP contribution in [0.5, 0.6) is 5.75 Å². The highest BCUT2D eigenvalue weighted by molar-refractivity contribution is 5.85. The molecule has 1 aromatic carbocycles. The normalized spacial score (nSPS) is 25.0. The number of ether oxygens (including phenoxy) is 2. The van der Waals surface area contributed by atoms with E-state index in [1.165, 1.54) is 31.0 Å². The second-order valence-electron chi connectivity index (χ2n) is 12.8. The fraction of sp³-hybridized carbons (Fsp3) is 0.441. The minimum Gasteiger partial charge on any atom is -0.491 e. The Labute approximate surface area is 265 Å². The standard InChI is InChI=1S/C34H35F2N7O3/c35-29-2-1-3-30(36)33(29)31(44)18-42-25-10-26(42)16-40(15-25)32-7-4-21(13-38-32)28-11-27(17-43-34(28)22(12-37)14-39-43)46-9-8-41-23-5-6-24(41)20-45-19-23/h1-4,7,11,13-14,17,23-26,31,44H,5-6,8-10,15-16,18-20H2. The van der Waals surface area contributed by atoms with Crippen LogP contribution in [0, 0.1) is 23.0 Å². The molecule has 5 aliphatic heterocycles. The summed E-state index contributed by atoms with van der Waals surface area (Å²) in [5, 5.41) is 24.9. The third-order valence-corrected chi connectivity index (χ3v) is 10.2. The molecular formula is C34H35F2N7O3. The van der Waals surface area contributed by atoms with Crippen LogP contribution in [-0.2, 0) is 4.74 Å². The van der Waals surface area contributed by atoms with Gasteiger partial charge in [0.15, 0.2) is 0 Å². The van der Waals surface area contributed by atoms with Crippen molar-refractivity contribution >= 4 is 11.3 Å². The van der Waals surface area contributed by atoms with Gasteiger partial charge in [-0.1, -0.05) is 6.07 Å². The summed E-state index contributed by atoms with van der Waals surface area (Å²) in [4.78, 5) is 11.6. The largest absolute Gasteiger partial charge is 0.491 e. The van der Waals surface area contributed by atoms with Crippen molar-refractivity contribution in [2.24, 2.45) is 0 Å².